The summed E-state index contributed by atoms with van der Waals surface area (Å²) in [6, 6.07) is 4.96. The second-order valence-electron chi connectivity index (χ2n) is 6.35. The molecular formula is C14H14N4O. The summed E-state index contributed by atoms with van der Waals surface area (Å²) in [7, 11) is 0. The van der Waals surface area contributed by atoms with Crippen molar-refractivity contribution in [3.8, 4) is 12.1 Å². The van der Waals surface area contributed by atoms with Crippen molar-refractivity contribution < 1.29 is 4.74 Å². The predicted octanol–water partition coefficient (Wildman–Crippen LogP) is 1.66. The van der Waals surface area contributed by atoms with Crippen LogP contribution in [0.5, 0.6) is 0 Å². The van der Waals surface area contributed by atoms with Crippen molar-refractivity contribution in [2.45, 2.75) is 38.3 Å². The first-order chi connectivity index (χ1) is 9.05. The molecule has 5 aliphatic rings. The molecule has 96 valence electrons. The van der Waals surface area contributed by atoms with Crippen LogP contribution in [-0.2, 0) is 4.74 Å². The first-order valence-electron chi connectivity index (χ1n) is 6.68. The molecule has 0 unspecified atom stereocenters. The minimum absolute atomic E-state index is 0.0818. The fourth-order valence-corrected chi connectivity index (χ4v) is 4.71. The van der Waals surface area contributed by atoms with E-state index in [-0.39, 0.29) is 17.9 Å². The van der Waals surface area contributed by atoms with Gasteiger partial charge in [0.15, 0.2) is 11.4 Å². The fraction of sp³-hybridized carbons (Fsp3) is 0.714. The zero-order valence-corrected chi connectivity index (χ0v) is 10.9. The monoisotopic (exact) mass is 254 g/mol. The van der Waals surface area contributed by atoms with E-state index in [0.29, 0.717) is 17.7 Å². The quantitative estimate of drug-likeness (QED) is 0.659. The molecule has 1 spiro atoms. The number of hydrogen-bond donors (Lipinski definition) is 0. The molecule has 0 saturated heterocycles. The van der Waals surface area contributed by atoms with Crippen molar-refractivity contribution in [2.75, 3.05) is 0 Å². The number of hydrogen-bond acceptors (Lipinski definition) is 5. The maximum absolute atomic E-state index is 9.50. The molecule has 0 aromatic rings. The summed E-state index contributed by atoms with van der Waals surface area (Å²) in [5, 5.41) is 19.0. The Morgan fingerprint density at radius 2 is 2.21 bits per heavy atom. The Morgan fingerprint density at radius 3 is 2.89 bits per heavy atom. The van der Waals surface area contributed by atoms with Gasteiger partial charge in [-0.05, 0) is 25.7 Å². The third-order valence-corrected chi connectivity index (χ3v) is 5.37. The van der Waals surface area contributed by atoms with Gasteiger partial charge in [0, 0.05) is 12.8 Å². The SMILES string of the molecule is CC1=N[C@]23C(=N[C@H](C[C@H]2C#N)[C@H]2C[C@@](C)(C#N)[C@H]23)O1. The van der Waals surface area contributed by atoms with E-state index in [1.807, 2.05) is 6.92 Å². The average Bonchev–Trinajstić information content (AvgIpc) is 2.70. The number of nitriles is 2. The van der Waals surface area contributed by atoms with Crippen molar-refractivity contribution in [1.29, 1.82) is 10.5 Å². The van der Waals surface area contributed by atoms with Gasteiger partial charge in [-0.1, -0.05) is 0 Å². The van der Waals surface area contributed by atoms with Crippen molar-refractivity contribution in [2.24, 2.45) is 33.2 Å². The maximum atomic E-state index is 9.50. The molecule has 2 bridgehead atoms. The summed E-state index contributed by atoms with van der Waals surface area (Å²) in [5.74, 6) is 1.42. The minimum atomic E-state index is -0.680. The molecule has 19 heavy (non-hydrogen) atoms. The van der Waals surface area contributed by atoms with E-state index in [1.165, 1.54) is 0 Å². The molecule has 5 nitrogen and oxygen atoms in total. The molecular weight excluding hydrogens is 240 g/mol. The Bertz CT molecular complexity index is 624. The molecule has 3 aliphatic heterocycles. The zero-order chi connectivity index (χ0) is 13.4. The van der Waals surface area contributed by atoms with Crippen LogP contribution in [0.1, 0.15) is 26.7 Å². The lowest BCUT2D eigenvalue weighted by atomic mass is 9.41. The third-order valence-electron chi connectivity index (χ3n) is 5.37. The molecule has 0 amide bonds. The van der Waals surface area contributed by atoms with Gasteiger partial charge in [-0.25, -0.2) is 9.98 Å². The van der Waals surface area contributed by atoms with Gasteiger partial charge in [0.2, 0.25) is 5.90 Å². The van der Waals surface area contributed by atoms with Gasteiger partial charge in [-0.2, -0.15) is 10.5 Å². The third kappa shape index (κ3) is 0.985. The highest BCUT2D eigenvalue weighted by Crippen LogP contribution is 2.67. The lowest BCUT2D eigenvalue weighted by molar-refractivity contribution is -0.0833. The Morgan fingerprint density at radius 1 is 1.42 bits per heavy atom. The zero-order valence-electron chi connectivity index (χ0n) is 10.9. The highest BCUT2D eigenvalue weighted by molar-refractivity contribution is 6.04. The highest BCUT2D eigenvalue weighted by Gasteiger charge is 2.74. The van der Waals surface area contributed by atoms with Gasteiger partial charge < -0.3 is 4.74 Å². The summed E-state index contributed by atoms with van der Waals surface area (Å²) in [6.45, 7) is 3.79. The van der Waals surface area contributed by atoms with Crippen LogP contribution >= 0.6 is 0 Å². The predicted molar refractivity (Wildman–Crippen MR) is 67.2 cm³/mol. The topological polar surface area (TPSA) is 81.5 Å². The number of aliphatic imine (C=N–C) groups is 2. The van der Waals surface area contributed by atoms with Gasteiger partial charge in [-0.15, -0.1) is 0 Å². The van der Waals surface area contributed by atoms with Crippen LogP contribution in [0.4, 0.5) is 0 Å². The van der Waals surface area contributed by atoms with Crippen LogP contribution in [-0.4, -0.2) is 23.4 Å². The van der Waals surface area contributed by atoms with E-state index in [2.05, 4.69) is 22.1 Å². The highest BCUT2D eigenvalue weighted by atomic mass is 16.5. The standard InChI is InChI=1S/C14H14N4O/c1-7-18-14-8(5-15)3-10(17-12(14)19-7)9-4-13(2,6-16)11(9)14/h8-11H,3-4H2,1-2H3/t8-,9+,10+,11-,13-,14+/m0/s1. The molecule has 2 saturated carbocycles. The van der Waals surface area contributed by atoms with E-state index >= 15 is 0 Å². The first-order valence-corrected chi connectivity index (χ1v) is 6.68. The number of rotatable bonds is 0. The molecule has 0 N–H and O–H groups in total. The van der Waals surface area contributed by atoms with Crippen molar-refractivity contribution in [3.63, 3.8) is 0 Å². The van der Waals surface area contributed by atoms with Crippen LogP contribution in [0.25, 0.3) is 0 Å². The molecule has 0 aromatic carbocycles. The van der Waals surface area contributed by atoms with Crippen LogP contribution in [0.2, 0.25) is 0 Å². The van der Waals surface area contributed by atoms with Gasteiger partial charge in [0.25, 0.3) is 0 Å². The van der Waals surface area contributed by atoms with Crippen LogP contribution in [0, 0.1) is 45.8 Å². The summed E-state index contributed by atoms with van der Waals surface area (Å²) in [5.41, 5.74) is -1.09. The Labute approximate surface area is 111 Å². The molecule has 3 heterocycles. The van der Waals surface area contributed by atoms with Gasteiger partial charge in [0.05, 0.1) is 29.5 Å². The molecule has 0 radical (unpaired) electrons. The van der Waals surface area contributed by atoms with Crippen molar-refractivity contribution in [1.82, 2.24) is 0 Å². The number of ether oxygens (including phenoxy) is 1. The van der Waals surface area contributed by atoms with E-state index in [9.17, 15) is 10.5 Å². The van der Waals surface area contributed by atoms with Gasteiger partial charge >= 0.3 is 0 Å². The van der Waals surface area contributed by atoms with Crippen LogP contribution in [0.15, 0.2) is 9.98 Å². The average molecular weight is 254 g/mol. The largest absolute Gasteiger partial charge is 0.427 e. The van der Waals surface area contributed by atoms with Crippen LogP contribution < -0.4 is 0 Å². The normalized spacial score (nSPS) is 52.6. The van der Waals surface area contributed by atoms with Crippen molar-refractivity contribution in [3.05, 3.63) is 0 Å². The van der Waals surface area contributed by atoms with E-state index in [1.54, 1.807) is 6.92 Å². The summed E-state index contributed by atoms with van der Waals surface area (Å²) >= 11 is 0. The van der Waals surface area contributed by atoms with E-state index in [4.69, 9.17) is 4.74 Å². The smallest absolute Gasteiger partial charge is 0.221 e. The van der Waals surface area contributed by atoms with Gasteiger partial charge in [-0.3, -0.25) is 0 Å². The van der Waals surface area contributed by atoms with Crippen molar-refractivity contribution >= 4 is 11.8 Å². The minimum Gasteiger partial charge on any atom is -0.427 e. The van der Waals surface area contributed by atoms with Gasteiger partial charge in [0.1, 0.15) is 0 Å². The first kappa shape index (κ1) is 11.0. The number of fused-ring (bicyclic) bond motifs is 1. The molecule has 5 heteroatoms. The molecule has 0 aromatic heterocycles. The Balaban J connectivity index is 1.94. The molecule has 6 atom stereocenters. The lowest BCUT2D eigenvalue weighted by Crippen LogP contribution is -2.71. The van der Waals surface area contributed by atoms with E-state index in [0.717, 1.165) is 12.8 Å². The second kappa shape index (κ2) is 2.99. The van der Waals surface area contributed by atoms with E-state index < -0.39 is 11.0 Å². The Hall–Kier alpha value is -1.88. The summed E-state index contributed by atoms with van der Waals surface area (Å²) in [4.78, 5) is 9.32. The molecule has 5 rings (SSSR count). The fourth-order valence-electron chi connectivity index (χ4n) is 4.71. The lowest BCUT2D eigenvalue weighted by Gasteiger charge is -2.63. The Kier molecular flexibility index (Phi) is 1.73. The summed E-state index contributed by atoms with van der Waals surface area (Å²) < 4.78 is 5.65. The second-order valence-corrected chi connectivity index (χ2v) is 6.35. The molecule has 2 aliphatic carbocycles. The molecule has 2 fully saturated rings. The summed E-state index contributed by atoms with van der Waals surface area (Å²) in [6.07, 6.45) is 1.62. The maximum Gasteiger partial charge on any atom is 0.221 e. The van der Waals surface area contributed by atoms with Crippen LogP contribution in [0.3, 0.4) is 0 Å². The number of nitrogens with zero attached hydrogens (tertiary/aromatic N) is 4.